The van der Waals surface area contributed by atoms with Gasteiger partial charge in [0, 0.05) is 18.5 Å². The lowest BCUT2D eigenvalue weighted by molar-refractivity contribution is 0.412. The maximum atomic E-state index is 12.3. The second-order valence-corrected chi connectivity index (χ2v) is 3.68. The number of halogens is 2. The molecule has 0 saturated carbocycles. The fourth-order valence-corrected chi connectivity index (χ4v) is 1.76. The van der Waals surface area contributed by atoms with Gasteiger partial charge in [0.05, 0.1) is 17.3 Å². The van der Waals surface area contributed by atoms with Gasteiger partial charge in [-0.1, -0.05) is 0 Å². The first-order valence-electron chi connectivity index (χ1n) is 4.01. The van der Waals surface area contributed by atoms with Crippen LogP contribution in [0.1, 0.15) is 5.69 Å². The number of pyridine rings is 1. The highest BCUT2D eigenvalue weighted by atomic mass is 79.9. The van der Waals surface area contributed by atoms with Crippen molar-refractivity contribution >= 4 is 21.6 Å². The standard InChI is InChI=1S/C9H8BrFN2O/c1-14-8-2-9-12-6(3-11)4-13(9)5-7(8)10/h2,4-5H,3H2,1H3. The zero-order valence-electron chi connectivity index (χ0n) is 7.50. The monoisotopic (exact) mass is 258 g/mol. The van der Waals surface area contributed by atoms with Crippen LogP contribution < -0.4 is 4.74 Å². The molecule has 14 heavy (non-hydrogen) atoms. The van der Waals surface area contributed by atoms with Gasteiger partial charge in [0.15, 0.2) is 0 Å². The van der Waals surface area contributed by atoms with Gasteiger partial charge in [-0.2, -0.15) is 0 Å². The molecule has 0 amide bonds. The third kappa shape index (κ3) is 1.48. The first kappa shape index (κ1) is 9.45. The van der Waals surface area contributed by atoms with E-state index in [-0.39, 0.29) is 0 Å². The van der Waals surface area contributed by atoms with Crippen molar-refractivity contribution in [1.29, 1.82) is 0 Å². The molecule has 0 aliphatic rings. The highest BCUT2D eigenvalue weighted by Gasteiger charge is 2.06. The Labute approximate surface area is 88.6 Å². The fraction of sp³-hybridized carbons (Fsp3) is 0.222. The Morgan fingerprint density at radius 3 is 3.00 bits per heavy atom. The Balaban J connectivity index is 2.64. The van der Waals surface area contributed by atoms with Crippen LogP contribution in [0.15, 0.2) is 22.9 Å². The van der Waals surface area contributed by atoms with E-state index in [0.29, 0.717) is 17.1 Å². The molecule has 0 fully saturated rings. The van der Waals surface area contributed by atoms with Gasteiger partial charge in [0.2, 0.25) is 0 Å². The van der Waals surface area contributed by atoms with Crippen molar-refractivity contribution < 1.29 is 9.13 Å². The molecule has 0 aliphatic carbocycles. The van der Waals surface area contributed by atoms with Gasteiger partial charge in [-0.25, -0.2) is 9.37 Å². The van der Waals surface area contributed by atoms with Gasteiger partial charge < -0.3 is 9.14 Å². The quantitative estimate of drug-likeness (QED) is 0.828. The largest absolute Gasteiger partial charge is 0.495 e. The lowest BCUT2D eigenvalue weighted by Gasteiger charge is -2.02. The molecule has 0 N–H and O–H groups in total. The highest BCUT2D eigenvalue weighted by Crippen LogP contribution is 2.25. The van der Waals surface area contributed by atoms with Gasteiger partial charge in [0.25, 0.3) is 0 Å². The summed E-state index contributed by atoms with van der Waals surface area (Å²) >= 11 is 3.34. The number of imidazole rings is 1. The van der Waals surface area contributed by atoms with E-state index in [1.165, 1.54) is 0 Å². The van der Waals surface area contributed by atoms with Crippen LogP contribution in [-0.2, 0) is 6.67 Å². The van der Waals surface area contributed by atoms with Crippen molar-refractivity contribution in [2.75, 3.05) is 7.11 Å². The van der Waals surface area contributed by atoms with Gasteiger partial charge >= 0.3 is 0 Å². The molecule has 0 radical (unpaired) electrons. The molecule has 2 aromatic rings. The van der Waals surface area contributed by atoms with Crippen LogP contribution in [0.25, 0.3) is 5.65 Å². The first-order chi connectivity index (χ1) is 6.74. The van der Waals surface area contributed by atoms with Crippen LogP contribution in [0.5, 0.6) is 5.75 Å². The Bertz CT molecular complexity index is 469. The van der Waals surface area contributed by atoms with Crippen LogP contribution in [-0.4, -0.2) is 16.5 Å². The van der Waals surface area contributed by atoms with Gasteiger partial charge in [0.1, 0.15) is 18.1 Å². The predicted molar refractivity (Wildman–Crippen MR) is 54.3 cm³/mol. The number of hydrogen-bond acceptors (Lipinski definition) is 2. The highest BCUT2D eigenvalue weighted by molar-refractivity contribution is 9.10. The van der Waals surface area contributed by atoms with Crippen molar-refractivity contribution in [2.45, 2.75) is 6.67 Å². The maximum absolute atomic E-state index is 12.3. The molecule has 2 aromatic heterocycles. The zero-order chi connectivity index (χ0) is 10.1. The summed E-state index contributed by atoms with van der Waals surface area (Å²) in [5.74, 6) is 0.688. The molecule has 0 spiro atoms. The second kappa shape index (κ2) is 3.57. The van der Waals surface area contributed by atoms with Crippen LogP contribution in [0.4, 0.5) is 4.39 Å². The molecule has 0 aromatic carbocycles. The second-order valence-electron chi connectivity index (χ2n) is 2.82. The average Bonchev–Trinajstić information content (AvgIpc) is 2.58. The normalized spacial score (nSPS) is 10.8. The Morgan fingerprint density at radius 1 is 1.57 bits per heavy atom. The van der Waals surface area contributed by atoms with Gasteiger partial charge in [-0.05, 0) is 15.9 Å². The van der Waals surface area contributed by atoms with E-state index >= 15 is 0 Å². The van der Waals surface area contributed by atoms with Gasteiger partial charge in [-0.15, -0.1) is 0 Å². The number of hydrogen-bond donors (Lipinski definition) is 0. The number of fused-ring (bicyclic) bond motifs is 1. The first-order valence-corrected chi connectivity index (χ1v) is 4.81. The van der Waals surface area contributed by atoms with Crippen LogP contribution >= 0.6 is 15.9 Å². The molecule has 0 atom stereocenters. The molecule has 3 nitrogen and oxygen atoms in total. The third-order valence-corrected chi connectivity index (χ3v) is 2.51. The summed E-state index contributed by atoms with van der Waals surface area (Å²) in [4.78, 5) is 4.07. The van der Waals surface area contributed by atoms with Crippen molar-refractivity contribution in [2.24, 2.45) is 0 Å². The summed E-state index contributed by atoms with van der Waals surface area (Å²) < 4.78 is 20.0. The SMILES string of the molecule is COc1cc2nc(CF)cn2cc1Br. The predicted octanol–water partition coefficient (Wildman–Crippen LogP) is 2.57. The Morgan fingerprint density at radius 2 is 2.36 bits per heavy atom. The summed E-state index contributed by atoms with van der Waals surface area (Å²) in [6.45, 7) is -0.554. The minimum atomic E-state index is -0.554. The van der Waals surface area contributed by atoms with E-state index in [1.54, 1.807) is 30.0 Å². The molecule has 74 valence electrons. The lowest BCUT2D eigenvalue weighted by Crippen LogP contribution is -1.88. The molecular formula is C9H8BrFN2O. The van der Waals surface area contributed by atoms with E-state index in [1.807, 2.05) is 0 Å². The molecule has 0 saturated heterocycles. The fourth-order valence-electron chi connectivity index (χ4n) is 1.26. The van der Waals surface area contributed by atoms with Crippen molar-refractivity contribution in [1.82, 2.24) is 9.38 Å². The topological polar surface area (TPSA) is 26.5 Å². The molecular weight excluding hydrogens is 251 g/mol. The number of aromatic nitrogens is 2. The smallest absolute Gasteiger partial charge is 0.140 e. The summed E-state index contributed by atoms with van der Waals surface area (Å²) in [5.41, 5.74) is 1.10. The van der Waals surface area contributed by atoms with Gasteiger partial charge in [-0.3, -0.25) is 0 Å². The summed E-state index contributed by atoms with van der Waals surface area (Å²) in [6, 6.07) is 1.75. The van der Waals surface area contributed by atoms with E-state index < -0.39 is 6.67 Å². The van der Waals surface area contributed by atoms with Crippen molar-refractivity contribution in [3.63, 3.8) is 0 Å². The summed E-state index contributed by atoms with van der Waals surface area (Å²) in [7, 11) is 1.58. The maximum Gasteiger partial charge on any atom is 0.140 e. The molecule has 2 heterocycles. The van der Waals surface area contributed by atoms with Crippen LogP contribution in [0, 0.1) is 0 Å². The average molecular weight is 259 g/mol. The van der Waals surface area contributed by atoms with Crippen molar-refractivity contribution in [3.8, 4) is 5.75 Å². The Kier molecular flexibility index (Phi) is 2.41. The molecule has 2 rings (SSSR count). The summed E-state index contributed by atoms with van der Waals surface area (Å²) in [6.07, 6.45) is 3.44. The van der Waals surface area contributed by atoms with E-state index in [9.17, 15) is 4.39 Å². The number of rotatable bonds is 2. The number of alkyl halides is 1. The molecule has 0 aliphatic heterocycles. The number of methoxy groups -OCH3 is 1. The minimum Gasteiger partial charge on any atom is -0.495 e. The minimum absolute atomic E-state index is 0.421. The van der Waals surface area contributed by atoms with Crippen LogP contribution in [0.3, 0.4) is 0 Å². The number of ether oxygens (including phenoxy) is 1. The lowest BCUT2D eigenvalue weighted by atomic mass is 10.4. The number of nitrogens with zero attached hydrogens (tertiary/aromatic N) is 2. The molecule has 5 heteroatoms. The van der Waals surface area contributed by atoms with Crippen LogP contribution in [0.2, 0.25) is 0 Å². The Hall–Kier alpha value is -1.10. The summed E-state index contributed by atoms with van der Waals surface area (Å²) in [5, 5.41) is 0. The molecule has 0 unspecified atom stereocenters. The molecule has 0 bridgehead atoms. The van der Waals surface area contributed by atoms with E-state index in [4.69, 9.17) is 4.74 Å². The third-order valence-electron chi connectivity index (χ3n) is 1.92. The van der Waals surface area contributed by atoms with E-state index in [0.717, 1.165) is 4.47 Å². The zero-order valence-corrected chi connectivity index (χ0v) is 9.08. The van der Waals surface area contributed by atoms with E-state index in [2.05, 4.69) is 20.9 Å². The van der Waals surface area contributed by atoms with Crippen molar-refractivity contribution in [3.05, 3.63) is 28.6 Å².